The van der Waals surface area contributed by atoms with E-state index in [1.54, 1.807) is 9.80 Å². The molecule has 1 aromatic carbocycles. The fourth-order valence-corrected chi connectivity index (χ4v) is 8.05. The number of anilines is 1. The summed E-state index contributed by atoms with van der Waals surface area (Å²) >= 11 is 0. The summed E-state index contributed by atoms with van der Waals surface area (Å²) in [7, 11) is 0. The monoisotopic (exact) mass is 606 g/mol. The van der Waals surface area contributed by atoms with E-state index in [9.17, 15) is 19.5 Å². The van der Waals surface area contributed by atoms with Gasteiger partial charge >= 0.3 is 0 Å². The molecule has 3 amide bonds. The Morgan fingerprint density at radius 2 is 1.66 bits per heavy atom. The first-order chi connectivity index (χ1) is 21.3. The van der Waals surface area contributed by atoms with Crippen molar-refractivity contribution in [3.63, 3.8) is 0 Å². The summed E-state index contributed by atoms with van der Waals surface area (Å²) in [6, 6.07) is 7.92. The second-order valence-electron chi connectivity index (χ2n) is 12.8. The quantitative estimate of drug-likeness (QED) is 0.430. The molecule has 1 N–H and O–H groups in total. The topological polar surface area (TPSA) is 103 Å². The minimum absolute atomic E-state index is 0.0665. The van der Waals surface area contributed by atoms with Crippen molar-refractivity contribution in [1.82, 2.24) is 14.7 Å². The van der Waals surface area contributed by atoms with Gasteiger partial charge < -0.3 is 29.3 Å². The van der Waals surface area contributed by atoms with Crippen LogP contribution in [0.4, 0.5) is 5.69 Å². The third-order valence-electron chi connectivity index (χ3n) is 10.7. The number of para-hydroxylation sites is 1. The number of nitrogens with zero attached hydrogens (tertiary/aromatic N) is 4. The summed E-state index contributed by atoms with van der Waals surface area (Å²) in [6.45, 7) is 10.6. The highest BCUT2D eigenvalue weighted by Crippen LogP contribution is 2.59. The summed E-state index contributed by atoms with van der Waals surface area (Å²) in [4.78, 5) is 51.7. The molecular weight excluding hydrogens is 560 g/mol. The van der Waals surface area contributed by atoms with Crippen molar-refractivity contribution in [3.05, 3.63) is 54.6 Å². The molecule has 1 aromatic rings. The first-order valence-electron chi connectivity index (χ1n) is 16.3. The van der Waals surface area contributed by atoms with Gasteiger partial charge in [-0.1, -0.05) is 69.7 Å². The third-order valence-corrected chi connectivity index (χ3v) is 10.7. The first-order valence-corrected chi connectivity index (χ1v) is 16.3. The average molecular weight is 607 g/mol. The van der Waals surface area contributed by atoms with Crippen molar-refractivity contribution in [1.29, 1.82) is 0 Å². The largest absolute Gasteiger partial charge is 0.394 e. The average Bonchev–Trinajstić information content (AvgIpc) is 3.34. The molecule has 10 nitrogen and oxygen atoms in total. The van der Waals surface area contributed by atoms with Gasteiger partial charge in [0.2, 0.25) is 17.7 Å². The van der Waals surface area contributed by atoms with Gasteiger partial charge in [0, 0.05) is 45.0 Å². The molecule has 1 spiro atoms. The number of carbonyl (C=O) groups is 3. The molecule has 0 radical (unpaired) electrons. The fraction of sp³-hybridized carbons (Fsp3) is 0.618. The SMILES string of the molecule is CC[C@H](C)[C@H](CO)N1C(=O)[C@@H]2[C@H]3C(=O)N(c4ccccc4)CC=C[C@@]3(CC)O[C@@]23C=CCN(CCN2CCOCC2)C(=O)C13. The Labute approximate surface area is 260 Å². The van der Waals surface area contributed by atoms with Crippen molar-refractivity contribution < 1.29 is 29.0 Å². The van der Waals surface area contributed by atoms with E-state index >= 15 is 0 Å². The molecule has 238 valence electrons. The van der Waals surface area contributed by atoms with E-state index in [1.807, 2.05) is 80.3 Å². The van der Waals surface area contributed by atoms with E-state index in [-0.39, 0.29) is 30.2 Å². The molecule has 6 rings (SSSR count). The number of amides is 3. The molecule has 7 atom stereocenters. The molecule has 3 fully saturated rings. The summed E-state index contributed by atoms with van der Waals surface area (Å²) < 4.78 is 12.6. The molecule has 0 aliphatic carbocycles. The Bertz CT molecular complexity index is 1300. The van der Waals surface area contributed by atoms with Crippen LogP contribution in [0, 0.1) is 17.8 Å². The zero-order valence-electron chi connectivity index (χ0n) is 26.1. The van der Waals surface area contributed by atoms with Crippen molar-refractivity contribution in [2.45, 2.75) is 56.9 Å². The molecule has 1 unspecified atom stereocenters. The van der Waals surface area contributed by atoms with Crippen LogP contribution in [0.1, 0.15) is 33.6 Å². The molecule has 44 heavy (non-hydrogen) atoms. The number of likely N-dealkylation sites (tertiary alicyclic amines) is 1. The number of aliphatic hydroxyl groups is 1. The van der Waals surface area contributed by atoms with Gasteiger partial charge in [0.15, 0.2) is 0 Å². The number of rotatable bonds is 9. The van der Waals surface area contributed by atoms with Gasteiger partial charge in [-0.3, -0.25) is 19.3 Å². The summed E-state index contributed by atoms with van der Waals surface area (Å²) in [5.74, 6) is -2.48. The maximum absolute atomic E-state index is 14.9. The van der Waals surface area contributed by atoms with Gasteiger partial charge in [-0.2, -0.15) is 0 Å². The van der Waals surface area contributed by atoms with E-state index < -0.39 is 35.1 Å². The number of benzene rings is 1. The van der Waals surface area contributed by atoms with Gasteiger partial charge in [0.25, 0.3) is 0 Å². The molecule has 10 heteroatoms. The van der Waals surface area contributed by atoms with Crippen molar-refractivity contribution in [2.75, 3.05) is 64.0 Å². The van der Waals surface area contributed by atoms with Crippen molar-refractivity contribution >= 4 is 23.4 Å². The Balaban J connectivity index is 1.43. The predicted octanol–water partition coefficient (Wildman–Crippen LogP) is 2.09. The van der Waals surface area contributed by atoms with Crippen LogP contribution in [0.5, 0.6) is 0 Å². The van der Waals surface area contributed by atoms with Gasteiger partial charge in [0.05, 0.1) is 43.3 Å². The normalized spacial score (nSPS) is 33.6. The number of aliphatic hydroxyl groups excluding tert-OH is 1. The highest BCUT2D eigenvalue weighted by Gasteiger charge is 2.76. The number of morpholine rings is 1. The Kier molecular flexibility index (Phi) is 8.71. The van der Waals surface area contributed by atoms with Crippen LogP contribution in [0.3, 0.4) is 0 Å². The van der Waals surface area contributed by atoms with Crippen LogP contribution < -0.4 is 4.90 Å². The Morgan fingerprint density at radius 1 is 0.932 bits per heavy atom. The Hall–Kier alpha value is -3.05. The minimum atomic E-state index is -1.34. The van der Waals surface area contributed by atoms with E-state index in [1.165, 1.54) is 0 Å². The van der Waals surface area contributed by atoms with E-state index in [0.717, 1.165) is 25.2 Å². The molecule has 5 aliphatic rings. The summed E-state index contributed by atoms with van der Waals surface area (Å²) in [5, 5.41) is 10.7. The number of hydrogen-bond donors (Lipinski definition) is 1. The lowest BCUT2D eigenvalue weighted by Gasteiger charge is -2.42. The lowest BCUT2D eigenvalue weighted by molar-refractivity contribution is -0.157. The molecule has 0 saturated carbocycles. The second kappa shape index (κ2) is 12.4. The highest BCUT2D eigenvalue weighted by molar-refractivity contribution is 6.04. The number of fused-ring (bicyclic) bond motifs is 2. The lowest BCUT2D eigenvalue weighted by Crippen LogP contribution is -2.60. The van der Waals surface area contributed by atoms with E-state index in [2.05, 4.69) is 4.90 Å². The molecule has 3 saturated heterocycles. The minimum Gasteiger partial charge on any atom is -0.394 e. The fourth-order valence-electron chi connectivity index (χ4n) is 8.05. The standard InChI is InChI=1S/C34H46N4O6/c1-4-24(3)26(23-39)38-29-32(42)36(18-17-35-19-21-43-22-20-35)15-10-14-34(29)28(31(38)41)27-30(40)37(25-11-7-6-8-12-25)16-9-13-33(27,5-2)44-34/h6-14,24,26-29,39H,4-5,15-23H2,1-3H3/t24-,26-,27-,28-,29?,33+,34-/m0/s1. The van der Waals surface area contributed by atoms with Crippen LogP contribution in [-0.4, -0.2) is 120 Å². The molecular formula is C34H46N4O6. The molecule has 5 heterocycles. The Morgan fingerprint density at radius 3 is 2.34 bits per heavy atom. The van der Waals surface area contributed by atoms with Crippen LogP contribution in [0.15, 0.2) is 54.6 Å². The summed E-state index contributed by atoms with van der Waals surface area (Å²) in [6.07, 6.45) is 8.94. The van der Waals surface area contributed by atoms with Gasteiger partial charge in [-0.15, -0.1) is 0 Å². The second-order valence-corrected chi connectivity index (χ2v) is 12.8. The lowest BCUT2D eigenvalue weighted by atomic mass is 9.73. The number of hydrogen-bond acceptors (Lipinski definition) is 7. The maximum atomic E-state index is 14.9. The maximum Gasteiger partial charge on any atom is 0.249 e. The number of ether oxygens (including phenoxy) is 2. The van der Waals surface area contributed by atoms with E-state index in [0.29, 0.717) is 45.8 Å². The summed E-state index contributed by atoms with van der Waals surface area (Å²) in [5.41, 5.74) is -1.64. The van der Waals surface area contributed by atoms with Crippen molar-refractivity contribution in [3.8, 4) is 0 Å². The van der Waals surface area contributed by atoms with Crippen LogP contribution >= 0.6 is 0 Å². The van der Waals surface area contributed by atoms with E-state index in [4.69, 9.17) is 9.47 Å². The first kappa shape index (κ1) is 31.0. The zero-order valence-corrected chi connectivity index (χ0v) is 26.1. The molecule has 5 aliphatic heterocycles. The molecule has 0 bridgehead atoms. The van der Waals surface area contributed by atoms with Gasteiger partial charge in [-0.25, -0.2) is 0 Å². The smallest absolute Gasteiger partial charge is 0.249 e. The third kappa shape index (κ3) is 4.90. The van der Waals surface area contributed by atoms with Crippen LogP contribution in [0.2, 0.25) is 0 Å². The highest BCUT2D eigenvalue weighted by atomic mass is 16.5. The van der Waals surface area contributed by atoms with Crippen LogP contribution in [0.25, 0.3) is 0 Å². The van der Waals surface area contributed by atoms with Gasteiger partial charge in [-0.05, 0) is 24.5 Å². The van der Waals surface area contributed by atoms with Gasteiger partial charge in [0.1, 0.15) is 11.6 Å². The van der Waals surface area contributed by atoms with Crippen molar-refractivity contribution in [2.24, 2.45) is 17.8 Å². The predicted molar refractivity (Wildman–Crippen MR) is 166 cm³/mol. The van der Waals surface area contributed by atoms with Crippen LogP contribution in [-0.2, 0) is 23.9 Å². The number of carbonyl (C=O) groups excluding carboxylic acids is 3. The molecule has 0 aromatic heterocycles. The zero-order chi connectivity index (χ0) is 31.1.